The number of carbonyl (C=O) groups is 1. The Bertz CT molecular complexity index is 1030. The molecule has 0 aromatic heterocycles. The Kier molecular flexibility index (Phi) is 4.76. The molecule has 0 radical (unpaired) electrons. The highest BCUT2D eigenvalue weighted by Crippen LogP contribution is 2.24. The van der Waals surface area contributed by atoms with Crippen LogP contribution in [0.4, 0.5) is 11.4 Å². The van der Waals surface area contributed by atoms with Crippen LogP contribution in [0.15, 0.2) is 53.4 Å². The van der Waals surface area contributed by atoms with E-state index in [9.17, 15) is 21.6 Å². The lowest BCUT2D eigenvalue weighted by molar-refractivity contribution is 0.102. The van der Waals surface area contributed by atoms with Crippen molar-refractivity contribution in [1.82, 2.24) is 0 Å². The number of nitrogens with zero attached hydrogens (tertiary/aromatic N) is 1. The lowest BCUT2D eigenvalue weighted by Crippen LogP contribution is -2.25. The molecule has 26 heavy (non-hydrogen) atoms. The maximum atomic E-state index is 12.3. The van der Waals surface area contributed by atoms with Crippen LogP contribution in [0, 0.1) is 0 Å². The van der Waals surface area contributed by atoms with Gasteiger partial charge in [-0.3, -0.25) is 9.10 Å². The van der Waals surface area contributed by atoms with Crippen molar-refractivity contribution in [2.24, 2.45) is 0 Å². The first-order valence-corrected chi connectivity index (χ1v) is 11.4. The van der Waals surface area contributed by atoms with Crippen LogP contribution in [-0.4, -0.2) is 41.3 Å². The molecule has 0 aliphatic carbocycles. The molecule has 1 heterocycles. The SMILES string of the molecule is CS(=O)(=O)c1ccc(NC(=O)c2ccc(N3CCCS3(=O)=O)cc2)cc1. The summed E-state index contributed by atoms with van der Waals surface area (Å²) in [7, 11) is -6.54. The van der Waals surface area contributed by atoms with Gasteiger partial charge in [-0.25, -0.2) is 16.8 Å². The second-order valence-corrected chi connectivity index (χ2v) is 10.1. The van der Waals surface area contributed by atoms with Gasteiger partial charge in [0.25, 0.3) is 5.91 Å². The molecule has 7 nitrogen and oxygen atoms in total. The van der Waals surface area contributed by atoms with Crippen molar-refractivity contribution in [3.63, 3.8) is 0 Å². The summed E-state index contributed by atoms with van der Waals surface area (Å²) in [5.41, 5.74) is 1.38. The Hall–Kier alpha value is -2.39. The van der Waals surface area contributed by atoms with Gasteiger partial charge in [0.15, 0.2) is 9.84 Å². The maximum Gasteiger partial charge on any atom is 0.255 e. The summed E-state index contributed by atoms with van der Waals surface area (Å²) >= 11 is 0. The van der Waals surface area contributed by atoms with Crippen molar-refractivity contribution >= 4 is 37.1 Å². The third kappa shape index (κ3) is 3.88. The number of amides is 1. The first-order valence-electron chi connectivity index (χ1n) is 7.89. The van der Waals surface area contributed by atoms with Crippen LogP contribution in [-0.2, 0) is 19.9 Å². The Balaban J connectivity index is 1.72. The molecule has 1 fully saturated rings. The number of sulfone groups is 1. The van der Waals surface area contributed by atoms with Gasteiger partial charge in [-0.15, -0.1) is 0 Å². The fraction of sp³-hybridized carbons (Fsp3) is 0.235. The molecule has 1 saturated heterocycles. The highest BCUT2D eigenvalue weighted by Gasteiger charge is 2.28. The minimum absolute atomic E-state index is 0.138. The third-order valence-corrected chi connectivity index (χ3v) is 7.06. The van der Waals surface area contributed by atoms with Crippen LogP contribution < -0.4 is 9.62 Å². The van der Waals surface area contributed by atoms with Crippen molar-refractivity contribution in [3.8, 4) is 0 Å². The van der Waals surface area contributed by atoms with Crippen molar-refractivity contribution in [2.45, 2.75) is 11.3 Å². The van der Waals surface area contributed by atoms with Gasteiger partial charge in [0, 0.05) is 24.1 Å². The lowest BCUT2D eigenvalue weighted by Gasteiger charge is -2.17. The molecule has 0 saturated carbocycles. The van der Waals surface area contributed by atoms with Crippen molar-refractivity contribution < 1.29 is 21.6 Å². The van der Waals surface area contributed by atoms with Crippen LogP contribution in [0.5, 0.6) is 0 Å². The van der Waals surface area contributed by atoms with Gasteiger partial charge in [0.05, 0.1) is 16.3 Å². The van der Waals surface area contributed by atoms with E-state index in [-0.39, 0.29) is 16.6 Å². The summed E-state index contributed by atoms with van der Waals surface area (Å²) < 4.78 is 48.1. The normalized spacial score (nSPS) is 16.4. The Labute approximate surface area is 152 Å². The number of rotatable bonds is 4. The van der Waals surface area contributed by atoms with E-state index in [1.54, 1.807) is 24.3 Å². The van der Waals surface area contributed by atoms with Crippen LogP contribution >= 0.6 is 0 Å². The van der Waals surface area contributed by atoms with Gasteiger partial charge >= 0.3 is 0 Å². The van der Waals surface area contributed by atoms with E-state index >= 15 is 0 Å². The standard InChI is InChI=1S/C17H18N2O5S2/c1-25(21,22)16-9-5-14(6-10-16)18-17(20)13-3-7-15(8-4-13)19-11-2-12-26(19,23)24/h3-10H,2,11-12H2,1H3,(H,18,20). The molecule has 1 N–H and O–H groups in total. The van der Waals surface area contributed by atoms with E-state index in [0.29, 0.717) is 29.9 Å². The summed E-state index contributed by atoms with van der Waals surface area (Å²) in [5, 5.41) is 2.68. The second kappa shape index (κ2) is 6.73. The summed E-state index contributed by atoms with van der Waals surface area (Å²) in [4.78, 5) is 12.5. The van der Waals surface area contributed by atoms with Crippen LogP contribution in [0.3, 0.4) is 0 Å². The number of hydrogen-bond acceptors (Lipinski definition) is 5. The lowest BCUT2D eigenvalue weighted by atomic mass is 10.2. The Morgan fingerprint density at radius 2 is 1.65 bits per heavy atom. The largest absolute Gasteiger partial charge is 0.322 e. The van der Waals surface area contributed by atoms with Gasteiger partial charge in [0.2, 0.25) is 10.0 Å². The highest BCUT2D eigenvalue weighted by molar-refractivity contribution is 7.93. The molecule has 0 bridgehead atoms. The average Bonchev–Trinajstić information content (AvgIpc) is 2.94. The minimum Gasteiger partial charge on any atom is -0.322 e. The number of benzene rings is 2. The predicted molar refractivity (Wildman–Crippen MR) is 99.7 cm³/mol. The van der Waals surface area contributed by atoms with Crippen LogP contribution in [0.2, 0.25) is 0 Å². The van der Waals surface area contributed by atoms with Crippen molar-refractivity contribution in [1.29, 1.82) is 0 Å². The number of carbonyl (C=O) groups excluding carboxylic acids is 1. The molecule has 9 heteroatoms. The molecular weight excluding hydrogens is 376 g/mol. The van der Waals surface area contributed by atoms with Crippen molar-refractivity contribution in [2.75, 3.05) is 28.2 Å². The van der Waals surface area contributed by atoms with Gasteiger partial charge in [-0.05, 0) is 55.0 Å². The molecule has 1 aliphatic rings. The quantitative estimate of drug-likeness (QED) is 0.853. The molecule has 2 aromatic rings. The van der Waals surface area contributed by atoms with Gasteiger partial charge < -0.3 is 5.32 Å². The minimum atomic E-state index is -3.29. The monoisotopic (exact) mass is 394 g/mol. The first kappa shape index (κ1) is 18.4. The third-order valence-electron chi connectivity index (χ3n) is 4.06. The molecule has 0 spiro atoms. The number of anilines is 2. The summed E-state index contributed by atoms with van der Waals surface area (Å²) in [6.45, 7) is 0.445. The van der Waals surface area contributed by atoms with Crippen LogP contribution in [0.25, 0.3) is 0 Å². The van der Waals surface area contributed by atoms with Crippen molar-refractivity contribution in [3.05, 3.63) is 54.1 Å². The average molecular weight is 394 g/mol. The molecule has 0 unspecified atom stereocenters. The summed E-state index contributed by atoms with van der Waals surface area (Å²) in [6.07, 6.45) is 1.71. The van der Waals surface area contributed by atoms with E-state index in [1.165, 1.54) is 28.6 Å². The van der Waals surface area contributed by atoms with Gasteiger partial charge in [-0.1, -0.05) is 0 Å². The second-order valence-electron chi connectivity index (χ2n) is 6.04. The zero-order chi connectivity index (χ0) is 18.9. The van der Waals surface area contributed by atoms with E-state index in [0.717, 1.165) is 6.26 Å². The van der Waals surface area contributed by atoms with E-state index in [2.05, 4.69) is 5.32 Å². The molecule has 138 valence electrons. The molecule has 1 aliphatic heterocycles. The Morgan fingerprint density at radius 1 is 1.04 bits per heavy atom. The molecular formula is C17H18N2O5S2. The summed E-state index contributed by atoms with van der Waals surface area (Å²) in [6, 6.07) is 12.2. The van der Waals surface area contributed by atoms with E-state index in [4.69, 9.17) is 0 Å². The zero-order valence-corrected chi connectivity index (χ0v) is 15.7. The van der Waals surface area contributed by atoms with Gasteiger partial charge in [-0.2, -0.15) is 0 Å². The topological polar surface area (TPSA) is 101 Å². The summed E-state index contributed by atoms with van der Waals surface area (Å²) in [5.74, 6) is -0.230. The van der Waals surface area contributed by atoms with E-state index in [1.807, 2.05) is 0 Å². The zero-order valence-electron chi connectivity index (χ0n) is 14.0. The maximum absolute atomic E-state index is 12.3. The number of nitrogens with one attached hydrogen (secondary N) is 1. The Morgan fingerprint density at radius 3 is 2.15 bits per heavy atom. The molecule has 1 amide bonds. The van der Waals surface area contributed by atoms with Gasteiger partial charge in [0.1, 0.15) is 0 Å². The molecule has 3 rings (SSSR count). The smallest absolute Gasteiger partial charge is 0.255 e. The first-order chi connectivity index (χ1) is 12.2. The van der Waals surface area contributed by atoms with Crippen LogP contribution in [0.1, 0.15) is 16.8 Å². The predicted octanol–water partition coefficient (Wildman–Crippen LogP) is 1.88. The fourth-order valence-electron chi connectivity index (χ4n) is 2.70. The highest BCUT2D eigenvalue weighted by atomic mass is 32.2. The fourth-order valence-corrected chi connectivity index (χ4v) is 4.89. The molecule has 0 atom stereocenters. The number of sulfonamides is 1. The molecule has 2 aromatic carbocycles. The van der Waals surface area contributed by atoms with E-state index < -0.39 is 19.9 Å². The number of hydrogen-bond donors (Lipinski definition) is 1.